The molecule has 0 heterocycles. The maximum absolute atomic E-state index is 12.9. The van der Waals surface area contributed by atoms with E-state index in [1.54, 1.807) is 17.0 Å². The quantitative estimate of drug-likeness (QED) is 0.896. The first-order valence-corrected chi connectivity index (χ1v) is 6.84. The lowest BCUT2D eigenvalue weighted by atomic mass is 10.2. The second-order valence-electron chi connectivity index (χ2n) is 5.61. The van der Waals surface area contributed by atoms with Gasteiger partial charge < -0.3 is 10.0 Å². The summed E-state index contributed by atoms with van der Waals surface area (Å²) in [6, 6.07) is 6.31. The third kappa shape index (κ3) is 2.66. The van der Waals surface area contributed by atoms with E-state index >= 15 is 0 Å². The van der Waals surface area contributed by atoms with Gasteiger partial charge in [0.1, 0.15) is 5.82 Å². The number of hydrogen-bond acceptors (Lipinski definition) is 2. The third-order valence-electron chi connectivity index (χ3n) is 3.96. The van der Waals surface area contributed by atoms with Crippen molar-refractivity contribution in [3.05, 3.63) is 35.6 Å². The molecule has 0 bridgehead atoms. The molecule has 1 aromatic rings. The van der Waals surface area contributed by atoms with Gasteiger partial charge in [0.2, 0.25) is 5.91 Å². The zero-order valence-electron chi connectivity index (χ0n) is 11.0. The minimum atomic E-state index is -0.888. The van der Waals surface area contributed by atoms with Crippen molar-refractivity contribution in [2.24, 2.45) is 11.8 Å². The number of amides is 1. The Bertz CT molecular complexity index is 539. The summed E-state index contributed by atoms with van der Waals surface area (Å²) >= 11 is 0. The molecule has 0 aliphatic heterocycles. The van der Waals surface area contributed by atoms with Gasteiger partial charge in [-0.2, -0.15) is 0 Å². The van der Waals surface area contributed by atoms with Gasteiger partial charge in [-0.05, 0) is 37.0 Å². The monoisotopic (exact) mass is 277 g/mol. The first kappa shape index (κ1) is 13.1. The smallest absolute Gasteiger partial charge is 0.307 e. The SMILES string of the molecule is O=C(O)[C@H]1C[C@H]1C(=O)N(Cc1ccc(F)cc1)C1CC1. The predicted octanol–water partition coefficient (Wildman–Crippen LogP) is 2.04. The molecule has 2 aliphatic rings. The zero-order valence-corrected chi connectivity index (χ0v) is 11.0. The molecule has 2 atom stereocenters. The fraction of sp³-hybridized carbons (Fsp3) is 0.467. The van der Waals surface area contributed by atoms with Crippen molar-refractivity contribution in [1.82, 2.24) is 4.90 Å². The van der Waals surface area contributed by atoms with Crippen molar-refractivity contribution in [2.45, 2.75) is 31.8 Å². The van der Waals surface area contributed by atoms with Crippen LogP contribution < -0.4 is 0 Å². The number of halogens is 1. The number of rotatable bonds is 5. The van der Waals surface area contributed by atoms with Crippen LogP contribution in [0.2, 0.25) is 0 Å². The summed E-state index contributed by atoms with van der Waals surface area (Å²) in [4.78, 5) is 25.0. The highest BCUT2D eigenvalue weighted by Crippen LogP contribution is 2.42. The minimum absolute atomic E-state index is 0.0655. The first-order valence-electron chi connectivity index (χ1n) is 6.84. The van der Waals surface area contributed by atoms with Gasteiger partial charge >= 0.3 is 5.97 Å². The molecule has 0 aromatic heterocycles. The number of nitrogens with zero attached hydrogens (tertiary/aromatic N) is 1. The molecule has 1 amide bonds. The number of carbonyl (C=O) groups is 2. The average molecular weight is 277 g/mol. The Morgan fingerprint density at radius 1 is 1.20 bits per heavy atom. The largest absolute Gasteiger partial charge is 0.481 e. The van der Waals surface area contributed by atoms with Crippen LogP contribution in [-0.2, 0) is 16.1 Å². The van der Waals surface area contributed by atoms with Crippen molar-refractivity contribution in [3.8, 4) is 0 Å². The Kier molecular flexibility index (Phi) is 3.20. The van der Waals surface area contributed by atoms with Gasteiger partial charge in [-0.1, -0.05) is 12.1 Å². The highest BCUT2D eigenvalue weighted by molar-refractivity contribution is 5.89. The number of aliphatic carboxylic acids is 1. The lowest BCUT2D eigenvalue weighted by Crippen LogP contribution is -2.34. The highest BCUT2D eigenvalue weighted by atomic mass is 19.1. The van der Waals surface area contributed by atoms with Gasteiger partial charge in [0.15, 0.2) is 0 Å². The standard InChI is InChI=1S/C15H16FNO3/c16-10-3-1-9(2-4-10)8-17(11-5-6-11)14(18)12-7-13(12)15(19)20/h1-4,11-13H,5-8H2,(H,19,20)/t12-,13+/m1/s1. The summed E-state index contributed by atoms with van der Waals surface area (Å²) in [6.07, 6.45) is 2.38. The van der Waals surface area contributed by atoms with E-state index < -0.39 is 11.9 Å². The second-order valence-corrected chi connectivity index (χ2v) is 5.61. The van der Waals surface area contributed by atoms with E-state index in [0.29, 0.717) is 13.0 Å². The lowest BCUT2D eigenvalue weighted by molar-refractivity contribution is -0.142. The Balaban J connectivity index is 1.68. The zero-order chi connectivity index (χ0) is 14.3. The number of benzene rings is 1. The van der Waals surface area contributed by atoms with Crippen molar-refractivity contribution in [2.75, 3.05) is 0 Å². The maximum Gasteiger partial charge on any atom is 0.307 e. The molecule has 20 heavy (non-hydrogen) atoms. The Labute approximate surface area is 116 Å². The molecule has 1 aromatic carbocycles. The summed E-state index contributed by atoms with van der Waals surface area (Å²) in [5.74, 6) is -2.14. The Morgan fingerprint density at radius 3 is 2.35 bits per heavy atom. The Hall–Kier alpha value is -1.91. The number of carbonyl (C=O) groups excluding carboxylic acids is 1. The third-order valence-corrected chi connectivity index (χ3v) is 3.96. The van der Waals surface area contributed by atoms with Crippen molar-refractivity contribution >= 4 is 11.9 Å². The average Bonchev–Trinajstić information content (AvgIpc) is 3.28. The molecule has 2 aliphatic carbocycles. The summed E-state index contributed by atoms with van der Waals surface area (Å²) in [7, 11) is 0. The molecular formula is C15H16FNO3. The van der Waals surface area contributed by atoms with E-state index in [2.05, 4.69) is 0 Å². The van der Waals surface area contributed by atoms with Crippen LogP contribution in [0, 0.1) is 17.7 Å². The summed E-state index contributed by atoms with van der Waals surface area (Å²) in [6.45, 7) is 0.437. The van der Waals surface area contributed by atoms with E-state index in [-0.39, 0.29) is 23.7 Å². The minimum Gasteiger partial charge on any atom is -0.481 e. The Morgan fingerprint density at radius 2 is 1.85 bits per heavy atom. The van der Waals surface area contributed by atoms with Crippen molar-refractivity contribution in [1.29, 1.82) is 0 Å². The fourth-order valence-electron chi connectivity index (χ4n) is 2.51. The molecule has 4 nitrogen and oxygen atoms in total. The number of carboxylic acids is 1. The van der Waals surface area contributed by atoms with Crippen LogP contribution in [0.3, 0.4) is 0 Å². The van der Waals surface area contributed by atoms with Crippen LogP contribution >= 0.6 is 0 Å². The van der Waals surface area contributed by atoms with E-state index in [1.807, 2.05) is 0 Å². The van der Waals surface area contributed by atoms with E-state index in [1.165, 1.54) is 12.1 Å². The normalized spacial score (nSPS) is 24.2. The van der Waals surface area contributed by atoms with Gasteiger partial charge in [-0.25, -0.2) is 4.39 Å². The molecular weight excluding hydrogens is 261 g/mol. The van der Waals surface area contributed by atoms with Crippen LogP contribution in [-0.4, -0.2) is 27.9 Å². The number of carboxylic acid groups (broad SMARTS) is 1. The van der Waals surface area contributed by atoms with Crippen molar-refractivity contribution < 1.29 is 19.1 Å². The van der Waals surface area contributed by atoms with E-state index in [9.17, 15) is 14.0 Å². The van der Waals surface area contributed by atoms with Crippen LogP contribution in [0.4, 0.5) is 4.39 Å². The highest BCUT2D eigenvalue weighted by Gasteiger charge is 2.51. The van der Waals surface area contributed by atoms with Crippen molar-refractivity contribution in [3.63, 3.8) is 0 Å². The van der Waals surface area contributed by atoms with Gasteiger partial charge in [0.25, 0.3) is 0 Å². The summed E-state index contributed by atoms with van der Waals surface area (Å²) < 4.78 is 12.9. The molecule has 0 spiro atoms. The molecule has 2 saturated carbocycles. The topological polar surface area (TPSA) is 57.6 Å². The van der Waals surface area contributed by atoms with Crippen LogP contribution in [0.1, 0.15) is 24.8 Å². The van der Waals surface area contributed by atoms with Crippen LogP contribution in [0.25, 0.3) is 0 Å². The lowest BCUT2D eigenvalue weighted by Gasteiger charge is -2.22. The second kappa shape index (κ2) is 4.89. The van der Waals surface area contributed by atoms with Gasteiger partial charge in [0, 0.05) is 12.6 Å². The maximum atomic E-state index is 12.9. The van der Waals surface area contributed by atoms with Gasteiger partial charge in [-0.15, -0.1) is 0 Å². The summed E-state index contributed by atoms with van der Waals surface area (Å²) in [5, 5.41) is 8.92. The molecule has 0 saturated heterocycles. The van der Waals surface area contributed by atoms with Gasteiger partial charge in [0.05, 0.1) is 11.8 Å². The molecule has 0 radical (unpaired) electrons. The molecule has 2 fully saturated rings. The molecule has 106 valence electrons. The molecule has 3 rings (SSSR count). The fourth-order valence-corrected chi connectivity index (χ4v) is 2.51. The van der Waals surface area contributed by atoms with Crippen LogP contribution in [0.5, 0.6) is 0 Å². The molecule has 1 N–H and O–H groups in total. The molecule has 5 heteroatoms. The van der Waals surface area contributed by atoms with Crippen LogP contribution in [0.15, 0.2) is 24.3 Å². The first-order chi connectivity index (χ1) is 9.56. The number of hydrogen-bond donors (Lipinski definition) is 1. The predicted molar refractivity (Wildman–Crippen MR) is 69.2 cm³/mol. The van der Waals surface area contributed by atoms with Gasteiger partial charge in [-0.3, -0.25) is 9.59 Å². The summed E-state index contributed by atoms with van der Waals surface area (Å²) in [5.41, 5.74) is 0.874. The molecule has 0 unspecified atom stereocenters. The van der Waals surface area contributed by atoms with E-state index in [0.717, 1.165) is 18.4 Å². The van der Waals surface area contributed by atoms with E-state index in [4.69, 9.17) is 5.11 Å².